The highest BCUT2D eigenvalue weighted by Crippen LogP contribution is 2.32. The van der Waals surface area contributed by atoms with Crippen molar-refractivity contribution in [2.75, 3.05) is 19.7 Å². The number of carbonyl (C=O) groups excluding carboxylic acids is 1. The second kappa shape index (κ2) is 7.94. The summed E-state index contributed by atoms with van der Waals surface area (Å²) < 4.78 is 13.7. The van der Waals surface area contributed by atoms with Crippen molar-refractivity contribution < 1.29 is 14.3 Å². The molecule has 26 heavy (non-hydrogen) atoms. The molecule has 0 saturated carbocycles. The molecule has 6 nitrogen and oxygen atoms in total. The maximum Gasteiger partial charge on any atom is 0.242 e. The summed E-state index contributed by atoms with van der Waals surface area (Å²) in [6.07, 6.45) is 4.04. The Morgan fingerprint density at radius 2 is 2.08 bits per heavy atom. The summed E-state index contributed by atoms with van der Waals surface area (Å²) in [5.41, 5.74) is 1.92. The third-order valence-corrected chi connectivity index (χ3v) is 5.01. The first-order valence-electron chi connectivity index (χ1n) is 9.11. The minimum absolute atomic E-state index is 0. The summed E-state index contributed by atoms with van der Waals surface area (Å²) in [6, 6.07) is 6.09. The molecule has 4 heterocycles. The normalized spacial score (nSPS) is 26.1. The highest BCUT2D eigenvalue weighted by atomic mass is 35.5. The summed E-state index contributed by atoms with van der Waals surface area (Å²) in [5, 5.41) is 1.06. The molecular weight excluding hydrogens is 354 g/mol. The number of halogens is 1. The van der Waals surface area contributed by atoms with Gasteiger partial charge >= 0.3 is 0 Å². The minimum Gasteiger partial charge on any atom is -0.372 e. The third kappa shape index (κ3) is 3.72. The van der Waals surface area contributed by atoms with E-state index in [1.165, 1.54) is 0 Å². The van der Waals surface area contributed by atoms with Crippen LogP contribution in [0, 0.1) is 0 Å². The number of nitrogens with zero attached hydrogens (tertiary/aromatic N) is 3. The molecule has 1 amide bonds. The van der Waals surface area contributed by atoms with E-state index in [0.717, 1.165) is 36.2 Å². The van der Waals surface area contributed by atoms with Gasteiger partial charge in [0.15, 0.2) is 0 Å². The Hall–Kier alpha value is -1.63. The topological polar surface area (TPSA) is 56.6 Å². The lowest BCUT2D eigenvalue weighted by atomic mass is 10.1. The van der Waals surface area contributed by atoms with Gasteiger partial charge in [0.2, 0.25) is 5.91 Å². The van der Waals surface area contributed by atoms with Crippen molar-refractivity contribution in [1.29, 1.82) is 0 Å². The predicted molar refractivity (Wildman–Crippen MR) is 101 cm³/mol. The lowest BCUT2D eigenvalue weighted by molar-refractivity contribution is -0.143. The summed E-state index contributed by atoms with van der Waals surface area (Å²) in [4.78, 5) is 19.4. The molecular formula is C19H26ClN3O3. The van der Waals surface area contributed by atoms with Crippen LogP contribution in [0.4, 0.5) is 0 Å². The Kier molecular flexibility index (Phi) is 5.85. The predicted octanol–water partition coefficient (Wildman–Crippen LogP) is 2.95. The van der Waals surface area contributed by atoms with Gasteiger partial charge in [-0.15, -0.1) is 12.4 Å². The maximum atomic E-state index is 12.9. The van der Waals surface area contributed by atoms with E-state index in [9.17, 15) is 4.79 Å². The van der Waals surface area contributed by atoms with Crippen LogP contribution in [-0.4, -0.2) is 52.3 Å². The molecule has 0 spiro atoms. The van der Waals surface area contributed by atoms with Crippen LogP contribution in [0.5, 0.6) is 0 Å². The second-order valence-electron chi connectivity index (χ2n) is 7.13. The number of ether oxygens (including phenoxy) is 2. The number of rotatable bonds is 3. The molecule has 2 saturated heterocycles. The zero-order chi connectivity index (χ0) is 17.4. The Balaban J connectivity index is 0.00000196. The number of morpholine rings is 1. The van der Waals surface area contributed by atoms with Gasteiger partial charge in [-0.1, -0.05) is 0 Å². The first-order valence-corrected chi connectivity index (χ1v) is 9.11. The minimum atomic E-state index is 0. The molecule has 0 aromatic carbocycles. The van der Waals surface area contributed by atoms with Gasteiger partial charge in [-0.25, -0.2) is 4.98 Å². The number of carbonyl (C=O) groups is 1. The zero-order valence-electron chi connectivity index (χ0n) is 15.3. The molecule has 2 aliphatic rings. The Morgan fingerprint density at radius 1 is 1.31 bits per heavy atom. The summed E-state index contributed by atoms with van der Waals surface area (Å²) >= 11 is 0. The van der Waals surface area contributed by atoms with Crippen LogP contribution >= 0.6 is 12.4 Å². The molecule has 0 N–H and O–H groups in total. The average Bonchev–Trinajstić information content (AvgIpc) is 3.22. The van der Waals surface area contributed by atoms with Crippen molar-refractivity contribution in [2.24, 2.45) is 0 Å². The SMILES string of the molecule is CC1CN(C(=O)Cn2c([C@@H]3CCCO3)cc3cccnc32)CC(C)O1.Cl. The summed E-state index contributed by atoms with van der Waals surface area (Å²) in [5.74, 6) is 0.115. The van der Waals surface area contributed by atoms with Gasteiger partial charge in [-0.05, 0) is 44.9 Å². The van der Waals surface area contributed by atoms with Crippen molar-refractivity contribution in [3.8, 4) is 0 Å². The van der Waals surface area contributed by atoms with E-state index < -0.39 is 0 Å². The van der Waals surface area contributed by atoms with Gasteiger partial charge < -0.3 is 18.9 Å². The van der Waals surface area contributed by atoms with E-state index in [2.05, 4.69) is 11.1 Å². The number of hydrogen-bond acceptors (Lipinski definition) is 4. The first-order chi connectivity index (χ1) is 12.1. The molecule has 4 rings (SSSR count). The van der Waals surface area contributed by atoms with E-state index in [-0.39, 0.29) is 36.6 Å². The lowest BCUT2D eigenvalue weighted by Gasteiger charge is -2.35. The van der Waals surface area contributed by atoms with Crippen molar-refractivity contribution >= 4 is 29.3 Å². The molecule has 2 aromatic heterocycles. The molecule has 3 atom stereocenters. The fourth-order valence-corrected chi connectivity index (χ4v) is 3.97. The van der Waals surface area contributed by atoms with E-state index in [4.69, 9.17) is 9.47 Å². The largest absolute Gasteiger partial charge is 0.372 e. The van der Waals surface area contributed by atoms with E-state index in [0.29, 0.717) is 19.6 Å². The summed E-state index contributed by atoms with van der Waals surface area (Å²) in [7, 11) is 0. The van der Waals surface area contributed by atoms with Gasteiger partial charge in [0.1, 0.15) is 12.2 Å². The fourth-order valence-electron chi connectivity index (χ4n) is 3.97. The van der Waals surface area contributed by atoms with Crippen LogP contribution in [-0.2, 0) is 20.8 Å². The Bertz CT molecular complexity index is 762. The quantitative estimate of drug-likeness (QED) is 0.822. The van der Waals surface area contributed by atoms with Gasteiger partial charge in [0.05, 0.1) is 18.3 Å². The van der Waals surface area contributed by atoms with Gasteiger partial charge in [0.25, 0.3) is 0 Å². The fraction of sp³-hybridized carbons (Fsp3) is 0.579. The van der Waals surface area contributed by atoms with E-state index in [1.807, 2.05) is 35.4 Å². The monoisotopic (exact) mass is 379 g/mol. The molecule has 2 unspecified atom stereocenters. The van der Waals surface area contributed by atoms with Crippen molar-refractivity contribution in [3.05, 3.63) is 30.1 Å². The average molecular weight is 380 g/mol. The number of fused-ring (bicyclic) bond motifs is 1. The van der Waals surface area contributed by atoms with Gasteiger partial charge in [-0.2, -0.15) is 0 Å². The van der Waals surface area contributed by atoms with Crippen LogP contribution < -0.4 is 0 Å². The smallest absolute Gasteiger partial charge is 0.242 e. The lowest BCUT2D eigenvalue weighted by Crippen LogP contribution is -2.49. The maximum absolute atomic E-state index is 12.9. The number of hydrogen-bond donors (Lipinski definition) is 0. The molecule has 2 fully saturated rings. The third-order valence-electron chi connectivity index (χ3n) is 5.01. The number of amides is 1. The van der Waals surface area contributed by atoms with Crippen molar-refractivity contribution in [2.45, 2.75) is 51.5 Å². The van der Waals surface area contributed by atoms with E-state index in [1.54, 1.807) is 6.20 Å². The molecule has 7 heteroatoms. The number of aromatic nitrogens is 2. The molecule has 0 radical (unpaired) electrons. The molecule has 142 valence electrons. The van der Waals surface area contributed by atoms with Crippen molar-refractivity contribution in [1.82, 2.24) is 14.5 Å². The van der Waals surface area contributed by atoms with Crippen molar-refractivity contribution in [3.63, 3.8) is 0 Å². The second-order valence-corrected chi connectivity index (χ2v) is 7.13. The van der Waals surface area contributed by atoms with Crippen LogP contribution in [0.3, 0.4) is 0 Å². The molecule has 0 aliphatic carbocycles. The van der Waals surface area contributed by atoms with Crippen LogP contribution in [0.15, 0.2) is 24.4 Å². The Labute approximate surface area is 159 Å². The summed E-state index contributed by atoms with van der Waals surface area (Å²) in [6.45, 7) is 6.40. The van der Waals surface area contributed by atoms with E-state index >= 15 is 0 Å². The standard InChI is InChI=1S/C19H25N3O3.ClH/c1-13-10-21(11-14(2)25-13)18(23)12-22-16(17-6-4-8-24-17)9-15-5-3-7-20-19(15)22;/h3,5,7,9,13-14,17H,4,6,8,10-12H2,1-2H3;1H/t13?,14?,17-;/m0./s1. The molecule has 2 aliphatic heterocycles. The zero-order valence-corrected chi connectivity index (χ0v) is 16.1. The molecule has 0 bridgehead atoms. The number of pyridine rings is 1. The first kappa shape index (κ1) is 19.1. The van der Waals surface area contributed by atoms with Gasteiger partial charge in [0, 0.05) is 37.0 Å². The van der Waals surface area contributed by atoms with Crippen LogP contribution in [0.25, 0.3) is 11.0 Å². The van der Waals surface area contributed by atoms with Gasteiger partial charge in [-0.3, -0.25) is 4.79 Å². The van der Waals surface area contributed by atoms with Crippen LogP contribution in [0.2, 0.25) is 0 Å². The Morgan fingerprint density at radius 3 is 2.77 bits per heavy atom. The highest BCUT2D eigenvalue weighted by molar-refractivity contribution is 5.85. The molecule has 2 aromatic rings. The highest BCUT2D eigenvalue weighted by Gasteiger charge is 2.28. The van der Waals surface area contributed by atoms with Crippen LogP contribution in [0.1, 0.15) is 38.5 Å².